The fraction of sp³-hybridized carbons (Fsp3) is 0.333. The number of anilines is 2. The molecule has 0 spiro atoms. The van der Waals surface area contributed by atoms with Gasteiger partial charge in [-0.2, -0.15) is 0 Å². The molecule has 1 heterocycles. The van der Waals surface area contributed by atoms with Gasteiger partial charge < -0.3 is 9.80 Å². The topological polar surface area (TPSA) is 40.6 Å². The first-order valence-corrected chi connectivity index (χ1v) is 9.23. The van der Waals surface area contributed by atoms with E-state index in [1.807, 2.05) is 57.2 Å². The average Bonchev–Trinajstić information content (AvgIpc) is 3.01. The van der Waals surface area contributed by atoms with Crippen LogP contribution in [0.25, 0.3) is 0 Å². The monoisotopic (exact) mass is 370 g/mol. The second kappa shape index (κ2) is 7.50. The molecule has 0 N–H and O–H groups in total. The number of nitrogens with zero attached hydrogens (tertiary/aromatic N) is 2. The van der Waals surface area contributed by atoms with E-state index >= 15 is 0 Å². The number of carbonyl (C=O) groups excluding carboxylic acids is 2. The number of amides is 2. The second-order valence-corrected chi connectivity index (χ2v) is 7.12. The maximum absolute atomic E-state index is 13.1. The normalized spacial score (nSPS) is 16.8. The molecule has 1 unspecified atom stereocenters. The molecule has 0 aromatic heterocycles. The summed E-state index contributed by atoms with van der Waals surface area (Å²) in [6, 6.07) is 13.4. The van der Waals surface area contributed by atoms with Gasteiger partial charge in [-0.05, 0) is 50.1 Å². The zero-order valence-corrected chi connectivity index (χ0v) is 16.1. The van der Waals surface area contributed by atoms with Crippen molar-refractivity contribution >= 4 is 34.8 Å². The van der Waals surface area contributed by atoms with E-state index in [1.165, 1.54) is 0 Å². The molecule has 2 aromatic carbocycles. The number of aryl methyl sites for hydroxylation is 2. The van der Waals surface area contributed by atoms with Crippen LogP contribution in [-0.4, -0.2) is 24.9 Å². The predicted molar refractivity (Wildman–Crippen MR) is 106 cm³/mol. The van der Waals surface area contributed by atoms with Crippen molar-refractivity contribution in [2.24, 2.45) is 5.92 Å². The van der Waals surface area contributed by atoms with Gasteiger partial charge in [0.25, 0.3) is 0 Å². The van der Waals surface area contributed by atoms with E-state index in [1.54, 1.807) is 15.9 Å². The molecule has 0 radical (unpaired) electrons. The summed E-state index contributed by atoms with van der Waals surface area (Å²) in [7, 11) is 0. The van der Waals surface area contributed by atoms with Crippen LogP contribution in [-0.2, 0) is 9.59 Å². The molecule has 1 aliphatic rings. The van der Waals surface area contributed by atoms with E-state index in [4.69, 9.17) is 11.6 Å². The van der Waals surface area contributed by atoms with Gasteiger partial charge in [-0.3, -0.25) is 9.59 Å². The number of para-hydroxylation sites is 1. The molecule has 0 bridgehead atoms. The van der Waals surface area contributed by atoms with E-state index < -0.39 is 0 Å². The summed E-state index contributed by atoms with van der Waals surface area (Å²) >= 11 is 6.20. The number of hydrogen-bond donors (Lipinski definition) is 0. The third kappa shape index (κ3) is 3.47. The van der Waals surface area contributed by atoms with Gasteiger partial charge >= 0.3 is 0 Å². The van der Waals surface area contributed by atoms with Crippen LogP contribution in [0.2, 0.25) is 5.02 Å². The van der Waals surface area contributed by atoms with Crippen molar-refractivity contribution in [1.29, 1.82) is 0 Å². The lowest BCUT2D eigenvalue weighted by atomic mass is 10.1. The Balaban J connectivity index is 1.82. The summed E-state index contributed by atoms with van der Waals surface area (Å²) in [5.41, 5.74) is 3.67. The fourth-order valence-electron chi connectivity index (χ4n) is 3.40. The minimum atomic E-state index is -0.345. The zero-order chi connectivity index (χ0) is 18.8. The van der Waals surface area contributed by atoms with Crippen LogP contribution in [0.15, 0.2) is 42.5 Å². The molecule has 1 saturated heterocycles. The molecule has 1 aliphatic heterocycles. The van der Waals surface area contributed by atoms with Gasteiger partial charge in [-0.25, -0.2) is 0 Å². The molecule has 2 amide bonds. The lowest BCUT2D eigenvalue weighted by Gasteiger charge is -2.26. The van der Waals surface area contributed by atoms with Crippen LogP contribution >= 0.6 is 11.6 Å². The Morgan fingerprint density at radius 3 is 2.58 bits per heavy atom. The van der Waals surface area contributed by atoms with Gasteiger partial charge in [0.05, 0.1) is 5.92 Å². The molecule has 0 saturated carbocycles. The fourth-order valence-corrected chi connectivity index (χ4v) is 3.58. The minimum absolute atomic E-state index is 0.00383. The van der Waals surface area contributed by atoms with Gasteiger partial charge in [0.2, 0.25) is 11.8 Å². The standard InChI is InChI=1S/C21H23ClN2O2/c1-4-23(19-8-6-5-7-15(19)3)21(26)16-11-20(25)24(13-16)17-10-9-14(2)18(22)12-17/h5-10,12,16H,4,11,13H2,1-3H3. The molecular weight excluding hydrogens is 348 g/mol. The number of rotatable bonds is 4. The quantitative estimate of drug-likeness (QED) is 0.802. The Kier molecular flexibility index (Phi) is 5.33. The number of carbonyl (C=O) groups is 2. The van der Waals surface area contributed by atoms with E-state index in [-0.39, 0.29) is 24.2 Å². The van der Waals surface area contributed by atoms with Crippen molar-refractivity contribution in [3.05, 3.63) is 58.6 Å². The van der Waals surface area contributed by atoms with E-state index in [2.05, 4.69) is 0 Å². The minimum Gasteiger partial charge on any atom is -0.312 e. The van der Waals surface area contributed by atoms with Crippen LogP contribution in [0.1, 0.15) is 24.5 Å². The lowest BCUT2D eigenvalue weighted by molar-refractivity contribution is -0.124. The van der Waals surface area contributed by atoms with Gasteiger partial charge in [0.15, 0.2) is 0 Å². The van der Waals surface area contributed by atoms with Crippen molar-refractivity contribution in [3.63, 3.8) is 0 Å². The molecule has 26 heavy (non-hydrogen) atoms. The molecule has 0 aliphatic carbocycles. The number of benzene rings is 2. The van der Waals surface area contributed by atoms with Gasteiger partial charge in [0.1, 0.15) is 0 Å². The van der Waals surface area contributed by atoms with E-state index in [0.717, 1.165) is 22.5 Å². The highest BCUT2D eigenvalue weighted by molar-refractivity contribution is 6.31. The number of halogens is 1. The van der Waals surface area contributed by atoms with E-state index in [9.17, 15) is 9.59 Å². The smallest absolute Gasteiger partial charge is 0.232 e. The maximum atomic E-state index is 13.1. The summed E-state index contributed by atoms with van der Waals surface area (Å²) < 4.78 is 0. The second-order valence-electron chi connectivity index (χ2n) is 6.71. The Hall–Kier alpha value is -2.33. The Bertz CT molecular complexity index is 850. The highest BCUT2D eigenvalue weighted by Gasteiger charge is 2.37. The molecule has 1 atom stereocenters. The summed E-state index contributed by atoms with van der Waals surface area (Å²) in [6.07, 6.45) is 0.229. The van der Waals surface area contributed by atoms with Crippen molar-refractivity contribution in [3.8, 4) is 0 Å². The third-order valence-corrected chi connectivity index (χ3v) is 5.34. The summed E-state index contributed by atoms with van der Waals surface area (Å²) in [5, 5.41) is 0.625. The van der Waals surface area contributed by atoms with Crippen molar-refractivity contribution < 1.29 is 9.59 Å². The Morgan fingerprint density at radius 1 is 1.19 bits per heavy atom. The van der Waals surface area contributed by atoms with Crippen molar-refractivity contribution in [2.45, 2.75) is 27.2 Å². The van der Waals surface area contributed by atoms with Crippen LogP contribution in [0, 0.1) is 19.8 Å². The molecule has 3 rings (SSSR count). The van der Waals surface area contributed by atoms with Gasteiger partial charge in [-0.15, -0.1) is 0 Å². The van der Waals surface area contributed by atoms with Crippen LogP contribution in [0.5, 0.6) is 0 Å². The highest BCUT2D eigenvalue weighted by Crippen LogP contribution is 2.31. The third-order valence-electron chi connectivity index (χ3n) is 4.93. The van der Waals surface area contributed by atoms with Crippen molar-refractivity contribution in [2.75, 3.05) is 22.9 Å². The first-order valence-electron chi connectivity index (χ1n) is 8.86. The first kappa shape index (κ1) is 18.5. The zero-order valence-electron chi connectivity index (χ0n) is 15.3. The van der Waals surface area contributed by atoms with Crippen molar-refractivity contribution in [1.82, 2.24) is 0 Å². The van der Waals surface area contributed by atoms with Gasteiger partial charge in [0, 0.05) is 35.9 Å². The Morgan fingerprint density at radius 2 is 1.92 bits per heavy atom. The number of hydrogen-bond acceptors (Lipinski definition) is 2. The highest BCUT2D eigenvalue weighted by atomic mass is 35.5. The predicted octanol–water partition coefficient (Wildman–Crippen LogP) is 4.36. The largest absolute Gasteiger partial charge is 0.312 e. The maximum Gasteiger partial charge on any atom is 0.232 e. The summed E-state index contributed by atoms with van der Waals surface area (Å²) in [5.74, 6) is -0.387. The Labute approximate surface area is 159 Å². The first-order chi connectivity index (χ1) is 12.4. The molecular formula is C21H23ClN2O2. The molecule has 2 aromatic rings. The average molecular weight is 371 g/mol. The molecule has 1 fully saturated rings. The van der Waals surface area contributed by atoms with Crippen LogP contribution < -0.4 is 9.80 Å². The SMILES string of the molecule is CCN(C(=O)C1CC(=O)N(c2ccc(C)c(Cl)c2)C1)c1ccccc1C. The van der Waals surface area contributed by atoms with Crippen LogP contribution in [0.3, 0.4) is 0 Å². The molecule has 4 nitrogen and oxygen atoms in total. The molecule has 136 valence electrons. The van der Waals surface area contributed by atoms with Gasteiger partial charge in [-0.1, -0.05) is 35.9 Å². The molecule has 5 heteroatoms. The summed E-state index contributed by atoms with van der Waals surface area (Å²) in [6.45, 7) is 6.83. The van der Waals surface area contributed by atoms with E-state index in [0.29, 0.717) is 18.1 Å². The van der Waals surface area contributed by atoms with Crippen LogP contribution in [0.4, 0.5) is 11.4 Å². The lowest BCUT2D eigenvalue weighted by Crippen LogP contribution is -2.37. The summed E-state index contributed by atoms with van der Waals surface area (Å²) in [4.78, 5) is 29.0.